The summed E-state index contributed by atoms with van der Waals surface area (Å²) in [5, 5.41) is 3.41. The van der Waals surface area contributed by atoms with E-state index in [1.54, 1.807) is 0 Å². The largest absolute Gasteiger partial charge is 0.399 e. The van der Waals surface area contributed by atoms with E-state index in [1.807, 2.05) is 54.7 Å². The lowest BCUT2D eigenvalue weighted by Gasteiger charge is -2.10. The van der Waals surface area contributed by atoms with E-state index in [9.17, 15) is 9.59 Å². The second-order valence-corrected chi connectivity index (χ2v) is 6.71. The quantitative estimate of drug-likeness (QED) is 0.720. The minimum Gasteiger partial charge on any atom is -0.399 e. The molecule has 0 spiro atoms. The molecule has 2 heterocycles. The normalized spacial score (nSPS) is 17.4. The zero-order chi connectivity index (χ0) is 16.7. The third-order valence-corrected chi connectivity index (χ3v) is 4.98. The number of nitrogens with one attached hydrogen (secondary N) is 1. The van der Waals surface area contributed by atoms with Crippen LogP contribution in [0.1, 0.15) is 5.56 Å². The third kappa shape index (κ3) is 2.55. The minimum atomic E-state index is -0.451. The van der Waals surface area contributed by atoms with Crippen LogP contribution in [0.25, 0.3) is 16.6 Å². The average molecular weight is 337 g/mol. The Labute approximate surface area is 142 Å². The van der Waals surface area contributed by atoms with Crippen LogP contribution in [0.15, 0.2) is 54.7 Å². The number of carbonyl (C=O) groups is 2. The maximum atomic E-state index is 11.8. The van der Waals surface area contributed by atoms with Crippen LogP contribution >= 0.6 is 11.8 Å². The van der Waals surface area contributed by atoms with Crippen LogP contribution in [-0.2, 0) is 11.2 Å². The van der Waals surface area contributed by atoms with Crippen LogP contribution in [0.3, 0.4) is 0 Å². The molecule has 2 aromatic carbocycles. The lowest BCUT2D eigenvalue weighted by molar-refractivity contribution is -0.112. The number of thioether (sulfide) groups is 1. The molecule has 1 amide bonds. The zero-order valence-corrected chi connectivity index (χ0v) is 13.5. The summed E-state index contributed by atoms with van der Waals surface area (Å²) >= 11 is 0.751. The molecule has 0 saturated carbocycles. The van der Waals surface area contributed by atoms with E-state index in [-0.39, 0.29) is 10.4 Å². The van der Waals surface area contributed by atoms with Gasteiger partial charge in [-0.15, -0.1) is 0 Å². The Morgan fingerprint density at radius 1 is 1.08 bits per heavy atom. The van der Waals surface area contributed by atoms with E-state index < -0.39 is 6.04 Å². The molecule has 0 bridgehead atoms. The molecule has 1 atom stereocenters. The monoisotopic (exact) mass is 337 g/mol. The van der Waals surface area contributed by atoms with Crippen molar-refractivity contribution in [3.8, 4) is 5.69 Å². The number of nitrogen functional groups attached to an aromatic ring is 1. The van der Waals surface area contributed by atoms with Crippen molar-refractivity contribution < 1.29 is 9.59 Å². The van der Waals surface area contributed by atoms with Gasteiger partial charge in [-0.05, 0) is 42.0 Å². The summed E-state index contributed by atoms with van der Waals surface area (Å²) < 4.78 is 2.09. The highest BCUT2D eigenvalue weighted by Crippen LogP contribution is 2.27. The summed E-state index contributed by atoms with van der Waals surface area (Å²) in [6.07, 6.45) is 2.50. The van der Waals surface area contributed by atoms with E-state index >= 15 is 0 Å². The predicted molar refractivity (Wildman–Crippen MR) is 96.3 cm³/mol. The summed E-state index contributed by atoms with van der Waals surface area (Å²) in [6.45, 7) is 0. The molecule has 1 fully saturated rings. The Morgan fingerprint density at radius 3 is 2.58 bits per heavy atom. The molecular weight excluding hydrogens is 322 g/mol. The van der Waals surface area contributed by atoms with Gasteiger partial charge in [0.25, 0.3) is 5.24 Å². The number of hydrogen-bond acceptors (Lipinski definition) is 4. The van der Waals surface area contributed by atoms with E-state index in [2.05, 4.69) is 9.88 Å². The molecule has 1 aliphatic heterocycles. The molecule has 6 heteroatoms. The maximum Gasteiger partial charge on any atom is 0.287 e. The zero-order valence-electron chi connectivity index (χ0n) is 12.7. The summed E-state index contributed by atoms with van der Waals surface area (Å²) in [5.74, 6) is 0. The molecule has 24 heavy (non-hydrogen) atoms. The Balaban J connectivity index is 1.72. The first kappa shape index (κ1) is 14.8. The number of anilines is 1. The molecule has 5 nitrogen and oxygen atoms in total. The topological polar surface area (TPSA) is 77.1 Å². The number of nitrogens with zero attached hydrogens (tertiary/aromatic N) is 1. The molecule has 120 valence electrons. The minimum absolute atomic E-state index is 0.116. The van der Waals surface area contributed by atoms with Crippen molar-refractivity contribution in [1.29, 1.82) is 0 Å². The smallest absolute Gasteiger partial charge is 0.287 e. The van der Waals surface area contributed by atoms with Crippen molar-refractivity contribution in [1.82, 2.24) is 9.88 Å². The highest BCUT2D eigenvalue weighted by atomic mass is 32.2. The van der Waals surface area contributed by atoms with Crippen molar-refractivity contribution in [3.05, 3.63) is 60.3 Å². The molecule has 1 aliphatic rings. The van der Waals surface area contributed by atoms with E-state index in [4.69, 9.17) is 5.73 Å². The first-order valence-corrected chi connectivity index (χ1v) is 8.40. The van der Waals surface area contributed by atoms with Gasteiger partial charge in [-0.3, -0.25) is 9.59 Å². The number of amides is 1. The van der Waals surface area contributed by atoms with Crippen LogP contribution in [0.5, 0.6) is 0 Å². The Kier molecular flexibility index (Phi) is 3.54. The van der Waals surface area contributed by atoms with Crippen molar-refractivity contribution in [2.45, 2.75) is 12.5 Å². The summed E-state index contributed by atoms with van der Waals surface area (Å²) in [4.78, 5) is 23.2. The van der Waals surface area contributed by atoms with Gasteiger partial charge in [0.05, 0.1) is 5.52 Å². The molecule has 4 rings (SSSR count). The molecule has 1 saturated heterocycles. The van der Waals surface area contributed by atoms with Crippen LogP contribution < -0.4 is 11.1 Å². The molecule has 0 aliphatic carbocycles. The molecule has 1 aromatic heterocycles. The second-order valence-electron chi connectivity index (χ2n) is 5.74. The number of benzene rings is 2. The van der Waals surface area contributed by atoms with Gasteiger partial charge in [0.1, 0.15) is 6.04 Å². The fourth-order valence-electron chi connectivity index (χ4n) is 3.02. The molecule has 3 N–H and O–H groups in total. The van der Waals surface area contributed by atoms with Gasteiger partial charge in [-0.25, -0.2) is 0 Å². The van der Waals surface area contributed by atoms with Crippen LogP contribution in [-0.4, -0.2) is 21.0 Å². The van der Waals surface area contributed by atoms with Gasteiger partial charge in [0.15, 0.2) is 0 Å². The maximum absolute atomic E-state index is 11.8. The summed E-state index contributed by atoms with van der Waals surface area (Å²) in [5.41, 5.74) is 9.61. The first-order chi connectivity index (χ1) is 11.6. The van der Waals surface area contributed by atoms with Gasteiger partial charge in [0.2, 0.25) is 5.12 Å². The van der Waals surface area contributed by atoms with Gasteiger partial charge < -0.3 is 15.6 Å². The van der Waals surface area contributed by atoms with Crippen molar-refractivity contribution in [2.24, 2.45) is 0 Å². The lowest BCUT2D eigenvalue weighted by atomic mass is 10.0. The SMILES string of the molecule is Nc1ccc(-n2ccc3c(CC4NC(=O)SC4=O)cccc32)cc1. The van der Waals surface area contributed by atoms with Crippen LogP contribution in [0, 0.1) is 0 Å². The van der Waals surface area contributed by atoms with Gasteiger partial charge >= 0.3 is 0 Å². The molecule has 1 unspecified atom stereocenters. The number of carbonyl (C=O) groups excluding carboxylic acids is 2. The first-order valence-electron chi connectivity index (χ1n) is 7.59. The van der Waals surface area contributed by atoms with Crippen LogP contribution in [0.2, 0.25) is 0 Å². The fourth-order valence-corrected chi connectivity index (χ4v) is 3.69. The number of hydrogen-bond donors (Lipinski definition) is 2. The van der Waals surface area contributed by atoms with Crippen molar-refractivity contribution in [3.63, 3.8) is 0 Å². The van der Waals surface area contributed by atoms with Gasteiger partial charge in [-0.2, -0.15) is 0 Å². The van der Waals surface area contributed by atoms with E-state index in [0.717, 1.165) is 39.6 Å². The van der Waals surface area contributed by atoms with Gasteiger partial charge in [-0.1, -0.05) is 12.1 Å². The van der Waals surface area contributed by atoms with Crippen molar-refractivity contribution >= 4 is 38.7 Å². The van der Waals surface area contributed by atoms with E-state index in [0.29, 0.717) is 6.42 Å². The Morgan fingerprint density at radius 2 is 1.88 bits per heavy atom. The molecule has 0 radical (unpaired) electrons. The van der Waals surface area contributed by atoms with Crippen LogP contribution in [0.4, 0.5) is 10.5 Å². The highest BCUT2D eigenvalue weighted by molar-refractivity contribution is 8.26. The molecule has 3 aromatic rings. The third-order valence-electron chi connectivity index (χ3n) is 4.19. The average Bonchev–Trinajstić information content (AvgIpc) is 3.12. The van der Waals surface area contributed by atoms with E-state index in [1.165, 1.54) is 0 Å². The Bertz CT molecular complexity index is 947. The highest BCUT2D eigenvalue weighted by Gasteiger charge is 2.31. The lowest BCUT2D eigenvalue weighted by Crippen LogP contribution is -2.30. The Hall–Kier alpha value is -2.73. The van der Waals surface area contributed by atoms with Gasteiger partial charge in [0, 0.05) is 41.1 Å². The number of fused-ring (bicyclic) bond motifs is 1. The summed E-state index contributed by atoms with van der Waals surface area (Å²) in [7, 11) is 0. The standard InChI is InChI=1S/C18H15N3O2S/c19-12-4-6-13(7-5-12)21-9-8-14-11(2-1-3-16(14)21)10-15-17(22)24-18(23)20-15/h1-9,15H,10,19H2,(H,20,23). The second kappa shape index (κ2) is 5.72. The summed E-state index contributed by atoms with van der Waals surface area (Å²) in [6, 6.07) is 15.3. The number of rotatable bonds is 3. The number of nitrogens with two attached hydrogens (primary N) is 1. The number of aromatic nitrogens is 1. The molecular formula is C18H15N3O2S. The van der Waals surface area contributed by atoms with Crippen molar-refractivity contribution in [2.75, 3.05) is 5.73 Å². The predicted octanol–water partition coefficient (Wildman–Crippen LogP) is 3.11. The fraction of sp³-hybridized carbons (Fsp3) is 0.111.